The second-order valence-electron chi connectivity index (χ2n) is 9.97. The molecule has 202 valence electrons. The van der Waals surface area contributed by atoms with E-state index in [1.807, 2.05) is 12.4 Å². The fourth-order valence-electron chi connectivity index (χ4n) is 5.36. The predicted octanol–water partition coefficient (Wildman–Crippen LogP) is 4.69. The lowest BCUT2D eigenvalue weighted by molar-refractivity contribution is 0.130. The molecule has 1 aromatic carbocycles. The van der Waals surface area contributed by atoms with E-state index in [9.17, 15) is 4.79 Å². The number of ether oxygens (including phenoxy) is 1. The highest BCUT2D eigenvalue weighted by atomic mass is 79.9. The minimum atomic E-state index is -0.174. The van der Waals surface area contributed by atoms with Crippen LogP contribution in [0.25, 0.3) is 22.4 Å². The first-order chi connectivity index (χ1) is 18.5. The summed E-state index contributed by atoms with van der Waals surface area (Å²) in [5.74, 6) is 1.10. The van der Waals surface area contributed by atoms with Gasteiger partial charge in [0.25, 0.3) is 5.56 Å². The van der Waals surface area contributed by atoms with Crippen molar-refractivity contribution in [3.63, 3.8) is 0 Å². The molecule has 4 heterocycles. The number of halogens is 1. The van der Waals surface area contributed by atoms with Gasteiger partial charge in [0.05, 0.1) is 35.3 Å². The molecule has 0 aliphatic carbocycles. The van der Waals surface area contributed by atoms with Gasteiger partial charge in [0.15, 0.2) is 0 Å². The lowest BCUT2D eigenvalue weighted by atomic mass is 9.88. The summed E-state index contributed by atoms with van der Waals surface area (Å²) < 4.78 is 8.30. The van der Waals surface area contributed by atoms with Crippen LogP contribution in [-0.2, 0) is 17.7 Å². The van der Waals surface area contributed by atoms with Crippen molar-refractivity contribution in [3.8, 4) is 11.4 Å². The number of nitrogens with zero attached hydrogens (tertiary/aromatic N) is 4. The number of aryl methyl sites for hydroxylation is 2. The molecule has 0 bridgehead atoms. The maximum absolute atomic E-state index is 13.0. The van der Waals surface area contributed by atoms with E-state index >= 15 is 0 Å². The van der Waals surface area contributed by atoms with E-state index in [4.69, 9.17) is 9.72 Å². The first-order valence-corrected chi connectivity index (χ1v) is 14.1. The van der Waals surface area contributed by atoms with Crippen LogP contribution in [0.5, 0.6) is 0 Å². The molecule has 0 radical (unpaired) electrons. The predicted molar refractivity (Wildman–Crippen MR) is 155 cm³/mol. The lowest BCUT2D eigenvalue weighted by Gasteiger charge is -2.32. The molecule has 0 saturated carbocycles. The highest BCUT2D eigenvalue weighted by Crippen LogP contribution is 2.33. The lowest BCUT2D eigenvalue weighted by Crippen LogP contribution is -2.35. The number of likely N-dealkylation sites (tertiary alicyclic amines) is 1. The van der Waals surface area contributed by atoms with Crippen LogP contribution in [0.2, 0.25) is 0 Å². The fourth-order valence-corrected chi connectivity index (χ4v) is 6.00. The number of fused-ring (bicyclic) bond motifs is 1. The van der Waals surface area contributed by atoms with E-state index in [0.717, 1.165) is 84.6 Å². The molecular weight excluding hydrogens is 546 g/mol. The van der Waals surface area contributed by atoms with E-state index in [0.29, 0.717) is 23.9 Å². The third-order valence-electron chi connectivity index (χ3n) is 7.53. The highest BCUT2D eigenvalue weighted by Gasteiger charge is 2.22. The zero-order valence-corrected chi connectivity index (χ0v) is 23.9. The Morgan fingerprint density at radius 3 is 2.82 bits per heavy atom. The molecule has 0 spiro atoms. The van der Waals surface area contributed by atoms with E-state index in [2.05, 4.69) is 71.6 Å². The summed E-state index contributed by atoms with van der Waals surface area (Å²) in [5.41, 5.74) is 6.43. The van der Waals surface area contributed by atoms with Crippen LogP contribution in [0.15, 0.2) is 40.1 Å². The number of pyridine rings is 1. The van der Waals surface area contributed by atoms with Crippen LogP contribution in [0, 0.1) is 6.92 Å². The fraction of sp³-hybridized carbons (Fsp3) is 0.464. The van der Waals surface area contributed by atoms with Crippen molar-refractivity contribution in [2.45, 2.75) is 45.6 Å². The summed E-state index contributed by atoms with van der Waals surface area (Å²) in [6.45, 7) is 9.64. The Morgan fingerprint density at radius 1 is 1.26 bits per heavy atom. The summed E-state index contributed by atoms with van der Waals surface area (Å²) in [6, 6.07) is 6.38. The van der Waals surface area contributed by atoms with Crippen molar-refractivity contribution < 1.29 is 4.74 Å². The number of aromatic amines is 2. The topological polar surface area (TPSA) is 104 Å². The number of methoxy groups -OCH3 is 1. The molecule has 0 unspecified atom stereocenters. The molecule has 1 aliphatic rings. The molecule has 9 nitrogen and oxygen atoms in total. The standard InChI is InChI=1S/C28H36BrN7O2/c1-4-36-17-32-22(26(36)29)6-9-30-21-5-10-31-28(37)24(21)27-33-23-16-20(15-18(2)25(23)34-27)19-7-11-35(12-8-19)13-14-38-3/h5,10,15-17,19H,4,6-9,11-14H2,1-3H3,(H,33,34)(H2,30,31,37). The van der Waals surface area contributed by atoms with Gasteiger partial charge < -0.3 is 29.5 Å². The van der Waals surface area contributed by atoms with Gasteiger partial charge in [-0.25, -0.2) is 9.97 Å². The average molecular weight is 583 g/mol. The molecule has 1 aliphatic heterocycles. The maximum Gasteiger partial charge on any atom is 0.261 e. The molecule has 3 N–H and O–H groups in total. The third-order valence-corrected chi connectivity index (χ3v) is 8.44. The summed E-state index contributed by atoms with van der Waals surface area (Å²) in [5, 5.41) is 3.43. The maximum atomic E-state index is 13.0. The Bertz CT molecular complexity index is 1450. The molecule has 4 aromatic rings. The van der Waals surface area contributed by atoms with Crippen LogP contribution in [0.1, 0.15) is 42.5 Å². The van der Waals surface area contributed by atoms with Crippen LogP contribution >= 0.6 is 15.9 Å². The number of nitrogens with one attached hydrogen (secondary N) is 3. The quantitative estimate of drug-likeness (QED) is 0.251. The van der Waals surface area contributed by atoms with Gasteiger partial charge in [-0.3, -0.25) is 4.79 Å². The molecule has 3 aromatic heterocycles. The molecule has 0 atom stereocenters. The molecular formula is C28H36BrN7O2. The Balaban J connectivity index is 1.35. The van der Waals surface area contributed by atoms with Gasteiger partial charge in [0.2, 0.25) is 0 Å². The number of rotatable bonds is 10. The van der Waals surface area contributed by atoms with Crippen LogP contribution in [-0.4, -0.2) is 69.3 Å². The van der Waals surface area contributed by atoms with Crippen LogP contribution in [0.4, 0.5) is 5.69 Å². The van der Waals surface area contributed by atoms with Crippen molar-refractivity contribution in [2.24, 2.45) is 0 Å². The Kier molecular flexibility index (Phi) is 8.30. The third kappa shape index (κ3) is 5.57. The van der Waals surface area contributed by atoms with Crippen molar-refractivity contribution in [3.05, 3.63) is 62.5 Å². The minimum absolute atomic E-state index is 0.174. The second-order valence-corrected chi connectivity index (χ2v) is 10.7. The average Bonchev–Trinajstić information content (AvgIpc) is 3.51. The number of hydrogen-bond acceptors (Lipinski definition) is 6. The second kappa shape index (κ2) is 11.8. The Hall–Kier alpha value is -2.95. The molecule has 38 heavy (non-hydrogen) atoms. The number of imidazole rings is 2. The van der Waals surface area contributed by atoms with Gasteiger partial charge in [-0.15, -0.1) is 0 Å². The summed E-state index contributed by atoms with van der Waals surface area (Å²) in [4.78, 5) is 31.1. The van der Waals surface area contributed by atoms with E-state index in [1.165, 1.54) is 5.56 Å². The van der Waals surface area contributed by atoms with Gasteiger partial charge >= 0.3 is 0 Å². The van der Waals surface area contributed by atoms with Crippen LogP contribution in [0.3, 0.4) is 0 Å². The van der Waals surface area contributed by atoms with Gasteiger partial charge in [-0.1, -0.05) is 6.07 Å². The minimum Gasteiger partial charge on any atom is -0.384 e. The Labute approximate surface area is 231 Å². The zero-order valence-electron chi connectivity index (χ0n) is 22.3. The van der Waals surface area contributed by atoms with Crippen molar-refractivity contribution in [1.29, 1.82) is 0 Å². The zero-order chi connectivity index (χ0) is 26.6. The monoisotopic (exact) mass is 581 g/mol. The first kappa shape index (κ1) is 26.6. The van der Waals surface area contributed by atoms with E-state index in [-0.39, 0.29) is 5.56 Å². The smallest absolute Gasteiger partial charge is 0.261 e. The molecule has 1 saturated heterocycles. The number of aromatic nitrogens is 5. The van der Waals surface area contributed by atoms with Gasteiger partial charge in [-0.2, -0.15) is 0 Å². The number of benzene rings is 1. The Morgan fingerprint density at radius 2 is 2.08 bits per heavy atom. The van der Waals surface area contributed by atoms with Gasteiger partial charge in [-0.05, 0) is 84.9 Å². The normalized spacial score (nSPS) is 14.9. The highest BCUT2D eigenvalue weighted by molar-refractivity contribution is 9.10. The largest absolute Gasteiger partial charge is 0.384 e. The molecule has 1 fully saturated rings. The van der Waals surface area contributed by atoms with Gasteiger partial charge in [0, 0.05) is 39.4 Å². The summed E-state index contributed by atoms with van der Waals surface area (Å²) in [6.07, 6.45) is 6.50. The number of H-pyrrole nitrogens is 2. The summed E-state index contributed by atoms with van der Waals surface area (Å²) >= 11 is 3.63. The van der Waals surface area contributed by atoms with Gasteiger partial charge in [0.1, 0.15) is 16.0 Å². The first-order valence-electron chi connectivity index (χ1n) is 13.4. The van der Waals surface area contributed by atoms with Crippen molar-refractivity contribution >= 4 is 32.7 Å². The van der Waals surface area contributed by atoms with Crippen LogP contribution < -0.4 is 10.9 Å². The number of anilines is 1. The number of piperidine rings is 1. The molecule has 5 rings (SSSR count). The van der Waals surface area contributed by atoms with E-state index in [1.54, 1.807) is 13.3 Å². The molecule has 10 heteroatoms. The SMILES string of the molecule is CCn1cnc(CCNc2cc[nH]c(=O)c2-c2nc3c(C)cc(C4CCN(CCOC)CC4)cc3[nH]2)c1Br. The van der Waals surface area contributed by atoms with Crippen molar-refractivity contribution in [2.75, 3.05) is 45.2 Å². The number of hydrogen-bond donors (Lipinski definition) is 3. The summed E-state index contributed by atoms with van der Waals surface area (Å²) in [7, 11) is 1.76. The molecule has 0 amide bonds. The van der Waals surface area contributed by atoms with E-state index < -0.39 is 0 Å². The van der Waals surface area contributed by atoms with Crippen molar-refractivity contribution in [1.82, 2.24) is 29.4 Å².